The van der Waals surface area contributed by atoms with Gasteiger partial charge in [0.15, 0.2) is 0 Å². The number of anilines is 6. The van der Waals surface area contributed by atoms with Gasteiger partial charge in [0, 0.05) is 34.1 Å². The molecule has 2 heteroatoms. The summed E-state index contributed by atoms with van der Waals surface area (Å²) in [6.07, 6.45) is 0. The van der Waals surface area contributed by atoms with E-state index in [-0.39, 0.29) is 0 Å². The van der Waals surface area contributed by atoms with Gasteiger partial charge in [-0.1, -0.05) is 133 Å². The molecule has 0 unspecified atom stereocenters. The molecule has 11 rings (SSSR count). The normalized spacial score (nSPS) is 11.5. The number of fused-ring (bicyclic) bond motifs is 6. The van der Waals surface area contributed by atoms with Gasteiger partial charge in [0.1, 0.15) is 0 Å². The van der Waals surface area contributed by atoms with Crippen LogP contribution < -0.4 is 9.80 Å². The first-order chi connectivity index (χ1) is 29.6. The number of benzene rings is 10. The summed E-state index contributed by atoms with van der Waals surface area (Å²) in [5.74, 6) is 0. The van der Waals surface area contributed by atoms with E-state index in [9.17, 15) is 0 Å². The number of rotatable bonds is 8. The maximum Gasteiger partial charge on any atom is 0.0490 e. The fraction of sp³-hybridized carbons (Fsp3) is 0.0345. The zero-order valence-corrected chi connectivity index (χ0v) is 33.7. The van der Waals surface area contributed by atoms with Gasteiger partial charge in [-0.2, -0.15) is 0 Å². The Balaban J connectivity index is 0.969. The van der Waals surface area contributed by atoms with E-state index in [0.717, 1.165) is 22.7 Å². The largest absolute Gasteiger partial charge is 0.310 e. The van der Waals surface area contributed by atoms with Crippen molar-refractivity contribution in [2.75, 3.05) is 9.80 Å². The highest BCUT2D eigenvalue weighted by molar-refractivity contribution is 6.12. The number of hydrogen-bond acceptors (Lipinski definition) is 2. The molecule has 0 aliphatic heterocycles. The highest BCUT2D eigenvalue weighted by Crippen LogP contribution is 2.51. The standard InChI is InChI=1S/C58H42N2/c1-39-13-9-11-19-57(39)59(49-27-21-43(22-28-49)41-15-5-3-6-16-41)51-31-25-45-35-53-54-36-46-26-32-52(34-48(46)38-56(54)55(53)37-47(45)33-51)60(58-20-12-10-14-40(58)2)50-29-23-44(24-30-50)42-17-7-4-8-18-42/h3-38H,1-2H3. The summed E-state index contributed by atoms with van der Waals surface area (Å²) in [7, 11) is 0. The van der Waals surface area contributed by atoms with Gasteiger partial charge in [-0.05, 0) is 176 Å². The van der Waals surface area contributed by atoms with Crippen molar-refractivity contribution >= 4 is 55.7 Å². The molecular weight excluding hydrogens is 725 g/mol. The van der Waals surface area contributed by atoms with Gasteiger partial charge in [-0.15, -0.1) is 0 Å². The molecule has 284 valence electrons. The topological polar surface area (TPSA) is 6.48 Å². The van der Waals surface area contributed by atoms with Gasteiger partial charge in [0.05, 0.1) is 0 Å². The third-order valence-electron chi connectivity index (χ3n) is 12.2. The van der Waals surface area contributed by atoms with Crippen LogP contribution in [0, 0.1) is 13.8 Å². The van der Waals surface area contributed by atoms with Gasteiger partial charge in [-0.3, -0.25) is 0 Å². The molecule has 0 amide bonds. The second-order valence-corrected chi connectivity index (χ2v) is 15.9. The molecule has 0 radical (unpaired) electrons. The Labute approximate surface area is 351 Å². The first-order valence-corrected chi connectivity index (χ1v) is 20.7. The molecule has 0 aromatic heterocycles. The van der Waals surface area contributed by atoms with Crippen molar-refractivity contribution in [2.24, 2.45) is 0 Å². The van der Waals surface area contributed by atoms with Gasteiger partial charge in [-0.25, -0.2) is 0 Å². The maximum atomic E-state index is 2.40. The Hall–Kier alpha value is -7.68. The van der Waals surface area contributed by atoms with Crippen LogP contribution in [0.4, 0.5) is 34.1 Å². The second-order valence-electron chi connectivity index (χ2n) is 15.9. The predicted molar refractivity (Wildman–Crippen MR) is 256 cm³/mol. The summed E-state index contributed by atoms with van der Waals surface area (Å²) in [5.41, 5.74) is 19.5. The lowest BCUT2D eigenvalue weighted by Crippen LogP contribution is -2.11. The number of hydrogen-bond donors (Lipinski definition) is 0. The van der Waals surface area contributed by atoms with Crippen LogP contribution in [-0.2, 0) is 0 Å². The van der Waals surface area contributed by atoms with Crippen LogP contribution in [0.25, 0.3) is 66.1 Å². The van der Waals surface area contributed by atoms with Crippen LogP contribution in [0.3, 0.4) is 0 Å². The third-order valence-corrected chi connectivity index (χ3v) is 12.2. The van der Waals surface area contributed by atoms with Crippen molar-refractivity contribution in [3.8, 4) is 44.5 Å². The Morgan fingerprint density at radius 1 is 0.250 bits per heavy atom. The fourth-order valence-electron chi connectivity index (χ4n) is 9.03. The molecule has 0 fully saturated rings. The molecule has 1 aliphatic carbocycles. The van der Waals surface area contributed by atoms with Gasteiger partial charge in [0.2, 0.25) is 0 Å². The molecule has 0 N–H and O–H groups in total. The minimum Gasteiger partial charge on any atom is -0.310 e. The van der Waals surface area contributed by atoms with Crippen LogP contribution in [0.5, 0.6) is 0 Å². The van der Waals surface area contributed by atoms with Crippen molar-refractivity contribution in [3.63, 3.8) is 0 Å². The lowest BCUT2D eigenvalue weighted by molar-refractivity contribution is 1.25. The summed E-state index contributed by atoms with van der Waals surface area (Å²) in [5, 5.41) is 4.95. The molecule has 10 aromatic rings. The summed E-state index contributed by atoms with van der Waals surface area (Å²) < 4.78 is 0. The second kappa shape index (κ2) is 14.6. The molecule has 2 nitrogen and oxygen atoms in total. The van der Waals surface area contributed by atoms with Crippen molar-refractivity contribution in [3.05, 3.63) is 230 Å². The molecule has 1 aliphatic rings. The first-order valence-electron chi connectivity index (χ1n) is 20.7. The van der Waals surface area contributed by atoms with E-state index < -0.39 is 0 Å². The average molecular weight is 767 g/mol. The van der Waals surface area contributed by atoms with Crippen molar-refractivity contribution in [2.45, 2.75) is 13.8 Å². The smallest absolute Gasteiger partial charge is 0.0490 e. The number of nitrogens with zero attached hydrogens (tertiary/aromatic N) is 2. The summed E-state index contributed by atoms with van der Waals surface area (Å²) in [6, 6.07) is 79.7. The molecule has 0 spiro atoms. The molecule has 10 aromatic carbocycles. The van der Waals surface area contributed by atoms with E-state index in [1.165, 1.54) is 88.6 Å². The van der Waals surface area contributed by atoms with Crippen LogP contribution in [0.1, 0.15) is 11.1 Å². The van der Waals surface area contributed by atoms with E-state index >= 15 is 0 Å². The molecule has 60 heavy (non-hydrogen) atoms. The van der Waals surface area contributed by atoms with Gasteiger partial charge >= 0.3 is 0 Å². The Morgan fingerprint density at radius 3 is 0.950 bits per heavy atom. The van der Waals surface area contributed by atoms with Crippen LogP contribution in [0.15, 0.2) is 218 Å². The first kappa shape index (κ1) is 35.5. The highest BCUT2D eigenvalue weighted by Gasteiger charge is 2.25. The fourth-order valence-corrected chi connectivity index (χ4v) is 9.03. The molecule has 0 heterocycles. The van der Waals surface area contributed by atoms with Crippen LogP contribution >= 0.6 is 0 Å². The lowest BCUT2D eigenvalue weighted by atomic mass is 9.78. The van der Waals surface area contributed by atoms with E-state index in [2.05, 4.69) is 242 Å². The van der Waals surface area contributed by atoms with Crippen molar-refractivity contribution < 1.29 is 0 Å². The highest BCUT2D eigenvalue weighted by atomic mass is 15.1. The Morgan fingerprint density at radius 2 is 0.567 bits per heavy atom. The Kier molecular flexibility index (Phi) is 8.64. The quantitative estimate of drug-likeness (QED) is 0.152. The third kappa shape index (κ3) is 6.22. The summed E-state index contributed by atoms with van der Waals surface area (Å²) in [6.45, 7) is 4.39. The minimum atomic E-state index is 1.13. The average Bonchev–Trinajstić information content (AvgIpc) is 3.30. The molecular formula is C58H42N2. The molecule has 0 bridgehead atoms. The van der Waals surface area contributed by atoms with Gasteiger partial charge in [0.25, 0.3) is 0 Å². The molecule has 0 saturated carbocycles. The lowest BCUT2D eigenvalue weighted by Gasteiger charge is -2.29. The van der Waals surface area contributed by atoms with E-state index in [1.807, 2.05) is 0 Å². The molecule has 0 atom stereocenters. The zero-order valence-electron chi connectivity index (χ0n) is 33.7. The molecule has 0 saturated heterocycles. The van der Waals surface area contributed by atoms with E-state index in [4.69, 9.17) is 0 Å². The van der Waals surface area contributed by atoms with E-state index in [0.29, 0.717) is 0 Å². The predicted octanol–water partition coefficient (Wildman–Crippen LogP) is 16.5. The van der Waals surface area contributed by atoms with E-state index in [1.54, 1.807) is 0 Å². The number of para-hydroxylation sites is 2. The van der Waals surface area contributed by atoms with Crippen LogP contribution in [-0.4, -0.2) is 0 Å². The minimum absolute atomic E-state index is 1.13. The monoisotopic (exact) mass is 766 g/mol. The van der Waals surface area contributed by atoms with Crippen molar-refractivity contribution in [1.29, 1.82) is 0 Å². The van der Waals surface area contributed by atoms with Crippen molar-refractivity contribution in [1.82, 2.24) is 0 Å². The summed E-state index contributed by atoms with van der Waals surface area (Å²) in [4.78, 5) is 4.78. The summed E-state index contributed by atoms with van der Waals surface area (Å²) >= 11 is 0. The zero-order chi connectivity index (χ0) is 40.2. The van der Waals surface area contributed by atoms with Gasteiger partial charge < -0.3 is 9.80 Å². The van der Waals surface area contributed by atoms with Crippen LogP contribution in [0.2, 0.25) is 0 Å². The maximum absolute atomic E-state index is 2.40. The Bertz CT molecular complexity index is 2980. The number of aryl methyl sites for hydroxylation is 2. The SMILES string of the molecule is Cc1ccccc1N(c1ccc(-c2ccccc2)cc1)c1ccc2cc3c(cc2c1)-c1cc2cc(N(c4ccc(-c5ccccc5)cc4)c4ccccc4C)ccc2cc1-3.